The third kappa shape index (κ3) is 14.7. The molecule has 318 valence electrons. The molecular formula is C42H66N6O8S. The molecule has 0 unspecified atom stereocenters. The molecular weight excluding hydrogens is 749 g/mol. The van der Waals surface area contributed by atoms with Gasteiger partial charge in [-0.25, -0.2) is 10.0 Å². The van der Waals surface area contributed by atoms with E-state index in [1.165, 1.54) is 12.0 Å². The van der Waals surface area contributed by atoms with Crippen molar-refractivity contribution >= 4 is 46.7 Å². The summed E-state index contributed by atoms with van der Waals surface area (Å²) in [6.07, 6.45) is 5.54. The minimum Gasteiger partial charge on any atom is -0.481 e. The van der Waals surface area contributed by atoms with E-state index in [2.05, 4.69) is 27.9 Å². The quantitative estimate of drug-likeness (QED) is 0.0370. The number of esters is 1. The first-order chi connectivity index (χ1) is 27.0. The SMILES string of the molecule is CCCCCON(C(=O)[C@@H](NC(=O)[C@H]1CCCCN1)[C@@H](C)CC)[C@H](C[C@@H](OC(C)=O)c1nc(C(=O)N[C@@H](Cc2ccc(N)cc2)CC(C)(C)C(=O)O)cs1)C(C)C. The predicted molar refractivity (Wildman–Crippen MR) is 221 cm³/mol. The molecule has 15 heteroatoms. The van der Waals surface area contributed by atoms with Crippen molar-refractivity contribution < 1.29 is 38.7 Å². The summed E-state index contributed by atoms with van der Waals surface area (Å²) in [6.45, 7) is 15.4. The molecule has 6 N–H and O–H groups in total. The average Bonchev–Trinajstić information content (AvgIpc) is 3.67. The summed E-state index contributed by atoms with van der Waals surface area (Å²) < 4.78 is 5.85. The Balaban J connectivity index is 1.93. The van der Waals surface area contributed by atoms with Crippen LogP contribution in [0, 0.1) is 17.3 Å². The lowest BCUT2D eigenvalue weighted by Crippen LogP contribution is -2.58. The summed E-state index contributed by atoms with van der Waals surface area (Å²) >= 11 is 1.15. The Labute approximate surface area is 342 Å². The molecule has 1 aliphatic heterocycles. The molecule has 57 heavy (non-hydrogen) atoms. The second-order valence-electron chi connectivity index (χ2n) is 16.3. The third-order valence-electron chi connectivity index (χ3n) is 10.6. The molecule has 0 aliphatic carbocycles. The van der Waals surface area contributed by atoms with E-state index in [0.29, 0.717) is 30.0 Å². The van der Waals surface area contributed by atoms with Crippen LogP contribution in [-0.2, 0) is 35.2 Å². The van der Waals surface area contributed by atoms with Crippen molar-refractivity contribution in [1.29, 1.82) is 0 Å². The fourth-order valence-corrected chi connectivity index (χ4v) is 7.70. The highest BCUT2D eigenvalue weighted by atomic mass is 32.1. The smallest absolute Gasteiger partial charge is 0.309 e. The van der Waals surface area contributed by atoms with Gasteiger partial charge < -0.3 is 31.5 Å². The number of ether oxygens (including phenoxy) is 1. The molecule has 1 fully saturated rings. The van der Waals surface area contributed by atoms with Crippen LogP contribution in [0.15, 0.2) is 29.6 Å². The van der Waals surface area contributed by atoms with Crippen LogP contribution < -0.4 is 21.7 Å². The van der Waals surface area contributed by atoms with Crippen LogP contribution in [0.1, 0.15) is 140 Å². The van der Waals surface area contributed by atoms with Gasteiger partial charge in [-0.2, -0.15) is 0 Å². The Bertz CT molecular complexity index is 1610. The van der Waals surface area contributed by atoms with E-state index in [1.807, 2.05) is 39.8 Å². The summed E-state index contributed by atoms with van der Waals surface area (Å²) in [5, 5.41) is 22.5. The highest BCUT2D eigenvalue weighted by Gasteiger charge is 2.39. The number of hydrogen-bond acceptors (Lipinski definition) is 11. The summed E-state index contributed by atoms with van der Waals surface area (Å²) in [7, 11) is 0. The number of benzene rings is 1. The first-order valence-corrected chi connectivity index (χ1v) is 21.4. The molecule has 3 amide bonds. The first-order valence-electron chi connectivity index (χ1n) is 20.5. The fraction of sp³-hybridized carbons (Fsp3) is 0.667. The summed E-state index contributed by atoms with van der Waals surface area (Å²) in [5.74, 6) is -3.02. The Morgan fingerprint density at radius 2 is 1.77 bits per heavy atom. The number of hydrogen-bond donors (Lipinski definition) is 5. The van der Waals surface area contributed by atoms with Crippen LogP contribution in [0.4, 0.5) is 5.69 Å². The van der Waals surface area contributed by atoms with Crippen molar-refractivity contribution in [2.75, 3.05) is 18.9 Å². The number of carbonyl (C=O) groups is 5. The zero-order chi connectivity index (χ0) is 42.3. The van der Waals surface area contributed by atoms with E-state index in [4.69, 9.17) is 15.3 Å². The lowest BCUT2D eigenvalue weighted by Gasteiger charge is -2.38. The van der Waals surface area contributed by atoms with Gasteiger partial charge in [0.05, 0.1) is 24.1 Å². The maximum Gasteiger partial charge on any atom is 0.309 e. The first kappa shape index (κ1) is 47.3. The van der Waals surface area contributed by atoms with Crippen molar-refractivity contribution in [3.05, 3.63) is 45.9 Å². The number of piperidine rings is 1. The lowest BCUT2D eigenvalue weighted by molar-refractivity contribution is -0.213. The Morgan fingerprint density at radius 1 is 1.07 bits per heavy atom. The number of hydroxylamine groups is 2. The van der Waals surface area contributed by atoms with Gasteiger partial charge in [0.1, 0.15) is 16.7 Å². The van der Waals surface area contributed by atoms with Gasteiger partial charge in [0.25, 0.3) is 11.8 Å². The van der Waals surface area contributed by atoms with Crippen molar-refractivity contribution in [2.24, 2.45) is 17.3 Å². The van der Waals surface area contributed by atoms with E-state index in [1.54, 1.807) is 31.4 Å². The van der Waals surface area contributed by atoms with Crippen LogP contribution in [0.5, 0.6) is 0 Å². The fourth-order valence-electron chi connectivity index (χ4n) is 6.86. The zero-order valence-electron chi connectivity index (χ0n) is 35.1. The number of carbonyl (C=O) groups excluding carboxylic acids is 4. The number of nitrogen functional groups attached to an aromatic ring is 1. The van der Waals surface area contributed by atoms with Gasteiger partial charge in [0, 0.05) is 30.5 Å². The van der Waals surface area contributed by atoms with E-state index >= 15 is 0 Å². The van der Waals surface area contributed by atoms with E-state index in [9.17, 15) is 29.1 Å². The monoisotopic (exact) mass is 814 g/mol. The summed E-state index contributed by atoms with van der Waals surface area (Å²) in [4.78, 5) is 77.4. The Morgan fingerprint density at radius 3 is 2.35 bits per heavy atom. The third-order valence-corrected chi connectivity index (χ3v) is 11.5. The van der Waals surface area contributed by atoms with Crippen LogP contribution in [0.3, 0.4) is 0 Å². The number of carboxylic acids is 1. The molecule has 0 spiro atoms. The Kier molecular flexibility index (Phi) is 18.9. The van der Waals surface area contributed by atoms with Crippen LogP contribution in [0.2, 0.25) is 0 Å². The normalized spacial score (nSPS) is 17.2. The maximum absolute atomic E-state index is 14.6. The van der Waals surface area contributed by atoms with Crippen LogP contribution in [-0.4, -0.2) is 82.1 Å². The Hall–Kier alpha value is -4.08. The van der Waals surface area contributed by atoms with E-state index in [0.717, 1.165) is 55.5 Å². The van der Waals surface area contributed by atoms with Crippen molar-refractivity contribution in [3.8, 4) is 0 Å². The number of amides is 3. The van der Waals surface area contributed by atoms with E-state index < -0.39 is 47.5 Å². The topological polar surface area (TPSA) is 202 Å². The number of rotatable bonds is 23. The molecule has 6 atom stereocenters. The highest BCUT2D eigenvalue weighted by Crippen LogP contribution is 2.32. The van der Waals surface area contributed by atoms with Gasteiger partial charge in [-0.1, -0.05) is 72.4 Å². The molecule has 3 rings (SSSR count). The molecule has 14 nitrogen and oxygen atoms in total. The molecule has 0 bridgehead atoms. The summed E-state index contributed by atoms with van der Waals surface area (Å²) in [5.41, 5.74) is 6.29. The number of aliphatic carboxylic acids is 1. The van der Waals surface area contributed by atoms with Gasteiger partial charge >= 0.3 is 11.9 Å². The number of aromatic nitrogens is 1. The van der Waals surface area contributed by atoms with Gasteiger partial charge in [-0.05, 0) is 82.0 Å². The maximum atomic E-state index is 14.6. The lowest BCUT2D eigenvalue weighted by atomic mass is 9.84. The number of unbranched alkanes of at least 4 members (excludes halogenated alkanes) is 2. The van der Waals surface area contributed by atoms with Crippen LogP contribution in [0.25, 0.3) is 0 Å². The molecule has 2 heterocycles. The highest BCUT2D eigenvalue weighted by molar-refractivity contribution is 7.09. The average molecular weight is 815 g/mol. The molecule has 0 radical (unpaired) electrons. The van der Waals surface area contributed by atoms with Crippen molar-refractivity contribution in [3.63, 3.8) is 0 Å². The number of carboxylic acid groups (broad SMARTS) is 1. The number of nitrogens with one attached hydrogen (secondary N) is 3. The van der Waals surface area contributed by atoms with Crippen molar-refractivity contribution in [2.45, 2.75) is 150 Å². The molecule has 0 saturated carbocycles. The predicted octanol–water partition coefficient (Wildman–Crippen LogP) is 6.21. The standard InChI is InChI=1S/C42H66N6O8S/c1-9-11-14-21-55-48(40(52)36(27(5)10-2)47-37(50)32-15-12-13-20-44-32)34(26(3)4)23-35(56-28(6)49)39-46-33(25-57-39)38(51)45-31(24-42(7,8)41(53)54)22-29-16-18-30(43)19-17-29/h16-19,25-27,31-32,34-36,44H,9-15,20-24,43H2,1-8H3,(H,45,51)(H,47,50)(H,53,54)/t27-,31-,32+,34+,35+,36-/m0/s1. The van der Waals surface area contributed by atoms with E-state index in [-0.39, 0.29) is 54.8 Å². The minimum absolute atomic E-state index is 0.0864. The second-order valence-corrected chi connectivity index (χ2v) is 17.2. The zero-order valence-corrected chi connectivity index (χ0v) is 35.9. The summed E-state index contributed by atoms with van der Waals surface area (Å²) in [6, 6.07) is 4.80. The van der Waals surface area contributed by atoms with Gasteiger partial charge in [-0.3, -0.25) is 28.8 Å². The number of nitrogens with zero attached hydrogens (tertiary/aromatic N) is 2. The minimum atomic E-state index is -1.13. The largest absolute Gasteiger partial charge is 0.481 e. The molecule has 1 saturated heterocycles. The molecule has 1 aromatic heterocycles. The molecule has 2 aromatic rings. The molecule has 1 aromatic carbocycles. The van der Waals surface area contributed by atoms with Gasteiger partial charge in [-0.15, -0.1) is 11.3 Å². The van der Waals surface area contributed by atoms with Crippen LogP contribution >= 0.6 is 11.3 Å². The van der Waals surface area contributed by atoms with Gasteiger partial charge in [0.15, 0.2) is 6.10 Å². The molecule has 1 aliphatic rings. The number of nitrogens with two attached hydrogens (primary N) is 1. The number of anilines is 1. The van der Waals surface area contributed by atoms with Crippen molar-refractivity contribution in [1.82, 2.24) is 26.0 Å². The van der Waals surface area contributed by atoms with Gasteiger partial charge in [0.2, 0.25) is 5.91 Å². The number of thiazole rings is 1. The second kappa shape index (κ2) is 22.8.